The third-order valence-electron chi connectivity index (χ3n) is 2.89. The van der Waals surface area contributed by atoms with Crippen molar-refractivity contribution in [2.45, 2.75) is 12.5 Å². The summed E-state index contributed by atoms with van der Waals surface area (Å²) in [4.78, 5) is 37.2. The molecule has 1 atom stereocenters. The first-order valence-corrected chi connectivity index (χ1v) is 5.91. The minimum Gasteiger partial charge on any atom is -0.373 e. The molecule has 20 heavy (non-hydrogen) atoms. The molecular formula is C11H13N5O4. The van der Waals surface area contributed by atoms with Crippen molar-refractivity contribution in [1.29, 1.82) is 0 Å². The number of amides is 2. The zero-order chi connectivity index (χ0) is 14.7. The SMILES string of the molecule is CNc1cc(C(=O)NC2CNC(=O)C2)c([N+](=O)[O-])cn1. The van der Waals surface area contributed by atoms with E-state index in [1.165, 1.54) is 6.07 Å². The third kappa shape index (κ3) is 2.82. The van der Waals surface area contributed by atoms with Gasteiger partial charge in [-0.2, -0.15) is 0 Å². The Morgan fingerprint density at radius 2 is 2.35 bits per heavy atom. The largest absolute Gasteiger partial charge is 0.373 e. The molecule has 1 unspecified atom stereocenters. The predicted molar refractivity (Wildman–Crippen MR) is 69.3 cm³/mol. The van der Waals surface area contributed by atoms with E-state index in [0.717, 1.165) is 6.20 Å². The highest BCUT2D eigenvalue weighted by Crippen LogP contribution is 2.20. The van der Waals surface area contributed by atoms with Crippen LogP contribution < -0.4 is 16.0 Å². The van der Waals surface area contributed by atoms with E-state index in [4.69, 9.17) is 0 Å². The fraction of sp³-hybridized carbons (Fsp3) is 0.364. The number of aromatic nitrogens is 1. The number of nitro groups is 1. The predicted octanol–water partition coefficient (Wildman–Crippen LogP) is -0.350. The average Bonchev–Trinajstić information content (AvgIpc) is 2.83. The molecular weight excluding hydrogens is 266 g/mol. The van der Waals surface area contributed by atoms with E-state index in [9.17, 15) is 19.7 Å². The fourth-order valence-corrected chi connectivity index (χ4v) is 1.88. The highest BCUT2D eigenvalue weighted by Gasteiger charge is 2.27. The van der Waals surface area contributed by atoms with E-state index >= 15 is 0 Å². The molecule has 1 aromatic heterocycles. The van der Waals surface area contributed by atoms with Crippen LogP contribution in [0.1, 0.15) is 16.8 Å². The number of hydrogen-bond acceptors (Lipinski definition) is 6. The number of nitrogens with zero attached hydrogens (tertiary/aromatic N) is 2. The van der Waals surface area contributed by atoms with Gasteiger partial charge >= 0.3 is 0 Å². The normalized spacial score (nSPS) is 17.4. The van der Waals surface area contributed by atoms with E-state index in [-0.39, 0.29) is 29.6 Å². The molecule has 1 saturated heterocycles. The molecule has 2 rings (SSSR count). The van der Waals surface area contributed by atoms with Crippen molar-refractivity contribution in [2.24, 2.45) is 0 Å². The Kier molecular flexibility index (Phi) is 3.78. The van der Waals surface area contributed by atoms with Gasteiger partial charge in [0.05, 0.1) is 11.0 Å². The van der Waals surface area contributed by atoms with E-state index in [1.54, 1.807) is 7.05 Å². The highest BCUT2D eigenvalue weighted by atomic mass is 16.6. The Labute approximate surface area is 113 Å². The Hall–Kier alpha value is -2.71. The van der Waals surface area contributed by atoms with Crippen molar-refractivity contribution in [3.05, 3.63) is 27.9 Å². The van der Waals surface area contributed by atoms with Gasteiger partial charge in [-0.3, -0.25) is 19.7 Å². The van der Waals surface area contributed by atoms with Gasteiger partial charge in [0.1, 0.15) is 17.6 Å². The summed E-state index contributed by atoms with van der Waals surface area (Å²) in [6.45, 7) is 0.322. The number of nitrogens with one attached hydrogen (secondary N) is 3. The van der Waals surface area contributed by atoms with E-state index in [2.05, 4.69) is 20.9 Å². The molecule has 0 bridgehead atoms. The summed E-state index contributed by atoms with van der Waals surface area (Å²) in [7, 11) is 1.59. The second kappa shape index (κ2) is 5.51. The maximum absolute atomic E-state index is 12.1. The van der Waals surface area contributed by atoms with Crippen LogP contribution in [0.25, 0.3) is 0 Å². The molecule has 0 spiro atoms. The van der Waals surface area contributed by atoms with Crippen molar-refractivity contribution < 1.29 is 14.5 Å². The molecule has 0 aliphatic carbocycles. The zero-order valence-electron chi connectivity index (χ0n) is 10.7. The zero-order valence-corrected chi connectivity index (χ0v) is 10.7. The van der Waals surface area contributed by atoms with Crippen LogP contribution in [0, 0.1) is 10.1 Å². The van der Waals surface area contributed by atoms with Crippen LogP contribution in [0.15, 0.2) is 12.3 Å². The first-order chi connectivity index (χ1) is 9.51. The minimum absolute atomic E-state index is 0.0892. The fourth-order valence-electron chi connectivity index (χ4n) is 1.88. The lowest BCUT2D eigenvalue weighted by Gasteiger charge is -2.11. The van der Waals surface area contributed by atoms with Gasteiger partial charge in [0, 0.05) is 26.1 Å². The van der Waals surface area contributed by atoms with Crippen molar-refractivity contribution >= 4 is 23.3 Å². The van der Waals surface area contributed by atoms with Crippen LogP contribution in [0.2, 0.25) is 0 Å². The smallest absolute Gasteiger partial charge is 0.300 e. The molecule has 106 valence electrons. The van der Waals surface area contributed by atoms with Crippen LogP contribution >= 0.6 is 0 Å². The molecule has 3 N–H and O–H groups in total. The summed E-state index contributed by atoms with van der Waals surface area (Å²) < 4.78 is 0. The van der Waals surface area contributed by atoms with Crippen molar-refractivity contribution in [3.8, 4) is 0 Å². The third-order valence-corrected chi connectivity index (χ3v) is 2.89. The number of anilines is 1. The molecule has 1 fully saturated rings. The number of pyridine rings is 1. The van der Waals surface area contributed by atoms with Gasteiger partial charge in [0.25, 0.3) is 11.6 Å². The molecule has 1 aromatic rings. The number of rotatable bonds is 4. The molecule has 1 aliphatic rings. The van der Waals surface area contributed by atoms with Gasteiger partial charge < -0.3 is 16.0 Å². The van der Waals surface area contributed by atoms with Crippen LogP contribution in [0.4, 0.5) is 11.5 Å². The summed E-state index contributed by atoms with van der Waals surface area (Å²) >= 11 is 0. The van der Waals surface area contributed by atoms with E-state index < -0.39 is 10.8 Å². The van der Waals surface area contributed by atoms with E-state index in [1.807, 2.05) is 0 Å². The van der Waals surface area contributed by atoms with Gasteiger partial charge in [0.2, 0.25) is 5.91 Å². The van der Waals surface area contributed by atoms with Gasteiger partial charge in [0.15, 0.2) is 0 Å². The Morgan fingerprint density at radius 1 is 1.60 bits per heavy atom. The maximum atomic E-state index is 12.1. The number of carbonyl (C=O) groups is 2. The maximum Gasteiger partial charge on any atom is 0.300 e. The minimum atomic E-state index is -0.667. The molecule has 0 aromatic carbocycles. The lowest BCUT2D eigenvalue weighted by atomic mass is 10.1. The van der Waals surface area contributed by atoms with Gasteiger partial charge in [-0.05, 0) is 0 Å². The second-order valence-electron chi connectivity index (χ2n) is 4.27. The lowest BCUT2D eigenvalue weighted by Crippen LogP contribution is -2.36. The summed E-state index contributed by atoms with van der Waals surface area (Å²) in [5.74, 6) is -0.408. The standard InChI is InChI=1S/C11H13N5O4/c1-12-9-3-7(8(5-13-9)16(19)20)11(18)15-6-2-10(17)14-4-6/h3,5-6H,2,4H2,1H3,(H,12,13)(H,14,17)(H,15,18). The second-order valence-corrected chi connectivity index (χ2v) is 4.27. The first kappa shape index (κ1) is 13.7. The highest BCUT2D eigenvalue weighted by molar-refractivity contribution is 5.99. The number of carbonyl (C=O) groups excluding carboxylic acids is 2. The van der Waals surface area contributed by atoms with Crippen LogP contribution in [-0.2, 0) is 4.79 Å². The van der Waals surface area contributed by atoms with E-state index in [0.29, 0.717) is 12.4 Å². The van der Waals surface area contributed by atoms with Crippen molar-refractivity contribution in [3.63, 3.8) is 0 Å². The van der Waals surface area contributed by atoms with Crippen LogP contribution in [0.3, 0.4) is 0 Å². The lowest BCUT2D eigenvalue weighted by molar-refractivity contribution is -0.385. The molecule has 2 amide bonds. The Balaban J connectivity index is 2.23. The topological polar surface area (TPSA) is 126 Å². The van der Waals surface area contributed by atoms with Crippen LogP contribution in [0.5, 0.6) is 0 Å². The summed E-state index contributed by atoms with van der Waals surface area (Å²) in [6.07, 6.45) is 1.20. The Morgan fingerprint density at radius 3 is 2.90 bits per heavy atom. The molecule has 9 nitrogen and oxygen atoms in total. The molecule has 0 radical (unpaired) electrons. The van der Waals surface area contributed by atoms with Gasteiger partial charge in [-0.25, -0.2) is 4.98 Å². The molecule has 1 aliphatic heterocycles. The summed E-state index contributed by atoms with van der Waals surface area (Å²) in [5, 5.41) is 18.8. The average molecular weight is 279 g/mol. The Bertz CT molecular complexity index is 574. The van der Waals surface area contributed by atoms with Crippen LogP contribution in [-0.4, -0.2) is 41.4 Å². The molecule has 2 heterocycles. The van der Waals surface area contributed by atoms with Crippen molar-refractivity contribution in [1.82, 2.24) is 15.6 Å². The summed E-state index contributed by atoms with van der Waals surface area (Å²) in [6, 6.07) is 0.943. The molecule has 0 saturated carbocycles. The van der Waals surface area contributed by atoms with Gasteiger partial charge in [-0.15, -0.1) is 0 Å². The number of hydrogen-bond donors (Lipinski definition) is 3. The van der Waals surface area contributed by atoms with Gasteiger partial charge in [-0.1, -0.05) is 0 Å². The summed E-state index contributed by atoms with van der Waals surface area (Å²) in [5.41, 5.74) is -0.465. The molecule has 9 heteroatoms. The van der Waals surface area contributed by atoms with Crippen molar-refractivity contribution in [2.75, 3.05) is 18.9 Å². The quantitative estimate of drug-likeness (QED) is 0.511. The first-order valence-electron chi connectivity index (χ1n) is 5.91. The monoisotopic (exact) mass is 279 g/mol.